The number of anilines is 2. The SMILES string of the molecule is O=C(Cl)N(c1ccc(F)cc1)c1cccc(F)c1. The Bertz CT molecular complexity index is 571. The second-order valence-corrected chi connectivity index (χ2v) is 3.87. The third kappa shape index (κ3) is 2.65. The first-order chi connectivity index (χ1) is 8.58. The average molecular weight is 268 g/mol. The molecule has 92 valence electrons. The summed E-state index contributed by atoms with van der Waals surface area (Å²) in [5, 5.41) is -0.799. The van der Waals surface area contributed by atoms with Gasteiger partial charge in [0.1, 0.15) is 11.6 Å². The Hall–Kier alpha value is -1.94. The molecule has 0 fully saturated rings. The van der Waals surface area contributed by atoms with Crippen LogP contribution in [0.15, 0.2) is 48.5 Å². The Morgan fingerprint density at radius 3 is 2.17 bits per heavy atom. The molecule has 0 aromatic heterocycles. The highest BCUT2D eigenvalue weighted by Gasteiger charge is 2.16. The maximum absolute atomic E-state index is 13.1. The molecular formula is C13H8ClF2NO. The molecule has 0 aliphatic heterocycles. The number of halogens is 3. The van der Waals surface area contributed by atoms with Crippen molar-refractivity contribution in [1.82, 2.24) is 0 Å². The zero-order chi connectivity index (χ0) is 13.1. The van der Waals surface area contributed by atoms with Crippen LogP contribution in [-0.4, -0.2) is 5.37 Å². The summed E-state index contributed by atoms with van der Waals surface area (Å²) >= 11 is 5.48. The van der Waals surface area contributed by atoms with Crippen molar-refractivity contribution < 1.29 is 13.6 Å². The minimum absolute atomic E-state index is 0.279. The number of rotatable bonds is 2. The molecule has 0 aliphatic rings. The van der Waals surface area contributed by atoms with Crippen molar-refractivity contribution in [3.63, 3.8) is 0 Å². The summed E-state index contributed by atoms with van der Waals surface area (Å²) in [6, 6.07) is 10.6. The van der Waals surface area contributed by atoms with Crippen LogP contribution in [0.2, 0.25) is 0 Å². The van der Waals surface area contributed by atoms with Gasteiger partial charge in [-0.05, 0) is 54.1 Å². The fourth-order valence-corrected chi connectivity index (χ4v) is 1.75. The second-order valence-electron chi connectivity index (χ2n) is 3.54. The lowest BCUT2D eigenvalue weighted by Crippen LogP contribution is -2.19. The molecule has 0 N–H and O–H groups in total. The molecule has 0 heterocycles. The topological polar surface area (TPSA) is 20.3 Å². The van der Waals surface area contributed by atoms with Gasteiger partial charge in [-0.15, -0.1) is 0 Å². The van der Waals surface area contributed by atoms with Crippen molar-refractivity contribution in [2.45, 2.75) is 0 Å². The summed E-state index contributed by atoms with van der Waals surface area (Å²) in [5.41, 5.74) is 0.642. The van der Waals surface area contributed by atoms with E-state index < -0.39 is 17.0 Å². The smallest absolute Gasteiger partial charge is 0.267 e. The molecule has 2 nitrogen and oxygen atoms in total. The number of hydrogen-bond acceptors (Lipinski definition) is 1. The van der Waals surface area contributed by atoms with E-state index >= 15 is 0 Å². The van der Waals surface area contributed by atoms with Crippen molar-refractivity contribution >= 4 is 28.3 Å². The van der Waals surface area contributed by atoms with Crippen molar-refractivity contribution in [1.29, 1.82) is 0 Å². The van der Waals surface area contributed by atoms with Crippen LogP contribution in [0.3, 0.4) is 0 Å². The number of benzene rings is 2. The number of hydrogen-bond donors (Lipinski definition) is 0. The summed E-state index contributed by atoms with van der Waals surface area (Å²) < 4.78 is 26.0. The van der Waals surface area contributed by atoms with E-state index in [2.05, 4.69) is 0 Å². The number of carbonyl (C=O) groups excluding carboxylic acids is 1. The standard InChI is InChI=1S/C13H8ClF2NO/c14-13(18)17(11-6-4-9(15)5-7-11)12-3-1-2-10(16)8-12/h1-8H. The monoisotopic (exact) mass is 267 g/mol. The Morgan fingerprint density at radius 2 is 1.61 bits per heavy atom. The zero-order valence-electron chi connectivity index (χ0n) is 9.11. The third-order valence-corrected chi connectivity index (χ3v) is 2.50. The van der Waals surface area contributed by atoms with Gasteiger partial charge < -0.3 is 0 Å². The van der Waals surface area contributed by atoms with E-state index in [-0.39, 0.29) is 5.69 Å². The maximum Gasteiger partial charge on any atom is 0.325 e. The van der Waals surface area contributed by atoms with Gasteiger partial charge in [0.05, 0.1) is 11.4 Å². The van der Waals surface area contributed by atoms with Gasteiger partial charge in [-0.25, -0.2) is 8.78 Å². The highest BCUT2D eigenvalue weighted by molar-refractivity contribution is 6.66. The lowest BCUT2D eigenvalue weighted by atomic mass is 10.2. The van der Waals surface area contributed by atoms with Gasteiger partial charge in [0.15, 0.2) is 0 Å². The van der Waals surface area contributed by atoms with Crippen molar-refractivity contribution in [2.24, 2.45) is 0 Å². The summed E-state index contributed by atoms with van der Waals surface area (Å²) in [6.45, 7) is 0. The van der Waals surface area contributed by atoms with Crippen LogP contribution < -0.4 is 4.90 Å². The van der Waals surface area contributed by atoms with Crippen molar-refractivity contribution in [3.05, 3.63) is 60.2 Å². The molecule has 2 rings (SSSR count). The van der Waals surface area contributed by atoms with Crippen LogP contribution in [-0.2, 0) is 0 Å². The average Bonchev–Trinajstić information content (AvgIpc) is 2.32. The normalized spacial score (nSPS) is 10.2. The van der Waals surface area contributed by atoms with Crippen LogP contribution in [0.4, 0.5) is 25.0 Å². The lowest BCUT2D eigenvalue weighted by molar-refractivity contribution is 0.266. The largest absolute Gasteiger partial charge is 0.325 e. The quantitative estimate of drug-likeness (QED) is 0.581. The predicted molar refractivity (Wildman–Crippen MR) is 66.2 cm³/mol. The first-order valence-electron chi connectivity index (χ1n) is 5.08. The van der Waals surface area contributed by atoms with Crippen LogP contribution in [0.1, 0.15) is 0 Å². The fourth-order valence-electron chi connectivity index (χ4n) is 1.56. The van der Waals surface area contributed by atoms with E-state index in [4.69, 9.17) is 11.6 Å². The molecule has 2 aromatic carbocycles. The van der Waals surface area contributed by atoms with Crippen molar-refractivity contribution in [2.75, 3.05) is 4.90 Å². The number of carbonyl (C=O) groups is 1. The third-order valence-electron chi connectivity index (χ3n) is 2.33. The van der Waals surface area contributed by atoms with Gasteiger partial charge in [0.25, 0.3) is 0 Å². The Kier molecular flexibility index (Phi) is 3.58. The molecule has 5 heteroatoms. The van der Waals surface area contributed by atoms with Crippen LogP contribution >= 0.6 is 11.6 Å². The minimum atomic E-state index is -0.799. The van der Waals surface area contributed by atoms with Crippen LogP contribution in [0.5, 0.6) is 0 Å². The summed E-state index contributed by atoms with van der Waals surface area (Å²) in [6.07, 6.45) is 0. The highest BCUT2D eigenvalue weighted by Crippen LogP contribution is 2.27. The Morgan fingerprint density at radius 1 is 0.944 bits per heavy atom. The van der Waals surface area contributed by atoms with Gasteiger partial charge in [-0.2, -0.15) is 0 Å². The lowest BCUT2D eigenvalue weighted by Gasteiger charge is -2.19. The summed E-state index contributed by atoms with van der Waals surface area (Å²) in [7, 11) is 0. The second kappa shape index (κ2) is 5.14. The predicted octanol–water partition coefficient (Wildman–Crippen LogP) is 4.46. The Balaban J connectivity index is 2.46. The maximum atomic E-state index is 13.1. The Labute approximate surface area is 107 Å². The molecule has 1 amide bonds. The molecular weight excluding hydrogens is 260 g/mol. The highest BCUT2D eigenvalue weighted by atomic mass is 35.5. The first-order valence-corrected chi connectivity index (χ1v) is 5.46. The van der Waals surface area contributed by atoms with Crippen LogP contribution in [0, 0.1) is 11.6 Å². The minimum Gasteiger partial charge on any atom is -0.267 e. The van der Waals surface area contributed by atoms with Crippen molar-refractivity contribution in [3.8, 4) is 0 Å². The van der Waals surface area contributed by atoms with Gasteiger partial charge in [-0.1, -0.05) is 6.07 Å². The molecule has 0 aliphatic carbocycles. The molecule has 0 spiro atoms. The fraction of sp³-hybridized carbons (Fsp3) is 0. The van der Waals surface area contributed by atoms with E-state index in [1.165, 1.54) is 48.5 Å². The van der Waals surface area contributed by atoms with E-state index in [0.29, 0.717) is 5.69 Å². The van der Waals surface area contributed by atoms with E-state index in [1.807, 2.05) is 0 Å². The molecule has 18 heavy (non-hydrogen) atoms. The molecule has 0 saturated carbocycles. The first kappa shape index (κ1) is 12.5. The molecule has 2 aromatic rings. The summed E-state index contributed by atoms with van der Waals surface area (Å²) in [5.74, 6) is -0.919. The van der Waals surface area contributed by atoms with E-state index in [9.17, 15) is 13.6 Å². The molecule has 0 radical (unpaired) electrons. The molecule has 0 saturated heterocycles. The van der Waals surface area contributed by atoms with E-state index in [1.54, 1.807) is 0 Å². The number of amides is 1. The zero-order valence-corrected chi connectivity index (χ0v) is 9.86. The van der Waals surface area contributed by atoms with Crippen LogP contribution in [0.25, 0.3) is 0 Å². The molecule has 0 unspecified atom stereocenters. The molecule has 0 bridgehead atoms. The van der Waals surface area contributed by atoms with Gasteiger partial charge in [0.2, 0.25) is 0 Å². The van der Waals surface area contributed by atoms with E-state index in [0.717, 1.165) is 4.90 Å². The number of nitrogens with zero attached hydrogens (tertiary/aromatic N) is 1. The van der Waals surface area contributed by atoms with Gasteiger partial charge in [-0.3, -0.25) is 9.69 Å². The van der Waals surface area contributed by atoms with Gasteiger partial charge >= 0.3 is 5.37 Å². The summed E-state index contributed by atoms with van der Waals surface area (Å²) in [4.78, 5) is 12.5. The van der Waals surface area contributed by atoms with Gasteiger partial charge in [0, 0.05) is 0 Å². The molecule has 0 atom stereocenters.